The first-order valence-electron chi connectivity index (χ1n) is 19.8. The van der Waals surface area contributed by atoms with Gasteiger partial charge in [-0.05, 0) is 65.7 Å². The van der Waals surface area contributed by atoms with E-state index in [1.54, 1.807) is 0 Å². The molecule has 11 aromatic rings. The number of rotatable bonds is 6. The second kappa shape index (κ2) is 14.1. The Hall–Kier alpha value is -8.58. The lowest BCUT2D eigenvalue weighted by molar-refractivity contribution is 1.17. The molecule has 0 saturated carbocycles. The Balaban J connectivity index is 1.13. The minimum Gasteiger partial charge on any atom is -0.309 e. The number of hydrogen-bond donors (Lipinski definition) is 0. The van der Waals surface area contributed by atoms with Crippen LogP contribution in [-0.2, 0) is 0 Å². The Bertz CT molecular complexity index is 3540. The topological polar surface area (TPSA) is 83.2 Å². The summed E-state index contributed by atoms with van der Waals surface area (Å²) in [6, 6.07) is 70.7. The Morgan fingerprint density at radius 1 is 0.383 bits per heavy atom. The Morgan fingerprint density at radius 2 is 0.900 bits per heavy atom. The molecular formula is C54H32N6. The highest BCUT2D eigenvalue weighted by molar-refractivity contribution is 6.29. The number of para-hydroxylation sites is 3. The predicted molar refractivity (Wildman–Crippen MR) is 242 cm³/mol. The van der Waals surface area contributed by atoms with Gasteiger partial charge in [0.2, 0.25) is 0 Å². The van der Waals surface area contributed by atoms with Crippen LogP contribution in [0, 0.1) is 22.7 Å². The highest BCUT2D eigenvalue weighted by atomic mass is 15.0. The Kier molecular flexibility index (Phi) is 8.15. The number of nitrogens with zero attached hydrogens (tertiary/aromatic N) is 6. The second-order valence-electron chi connectivity index (χ2n) is 14.8. The monoisotopic (exact) mass is 764 g/mol. The van der Waals surface area contributed by atoms with Crippen molar-refractivity contribution in [3.63, 3.8) is 0 Å². The molecule has 0 aliphatic carbocycles. The van der Waals surface area contributed by atoms with E-state index in [-0.39, 0.29) is 0 Å². The molecule has 6 nitrogen and oxygen atoms in total. The molecule has 0 unspecified atom stereocenters. The van der Waals surface area contributed by atoms with Gasteiger partial charge in [0.1, 0.15) is 11.6 Å². The molecular weight excluding hydrogens is 733 g/mol. The molecule has 0 aliphatic heterocycles. The average Bonchev–Trinajstić information content (AvgIpc) is 3.84. The van der Waals surface area contributed by atoms with Gasteiger partial charge in [0.15, 0.2) is 5.82 Å². The maximum Gasteiger partial charge on any atom is 0.160 e. The van der Waals surface area contributed by atoms with E-state index in [0.717, 1.165) is 61.1 Å². The first kappa shape index (κ1) is 34.7. The maximum absolute atomic E-state index is 10.8. The van der Waals surface area contributed by atoms with E-state index in [0.29, 0.717) is 33.9 Å². The molecule has 6 heteroatoms. The number of fused-ring (bicyclic) bond motifs is 7. The van der Waals surface area contributed by atoms with Crippen molar-refractivity contribution < 1.29 is 0 Å². The molecule has 0 aliphatic rings. The van der Waals surface area contributed by atoms with Gasteiger partial charge in [-0.1, -0.05) is 140 Å². The van der Waals surface area contributed by atoms with Gasteiger partial charge in [-0.3, -0.25) is 0 Å². The zero-order valence-corrected chi connectivity index (χ0v) is 32.2. The third-order valence-electron chi connectivity index (χ3n) is 11.4. The largest absolute Gasteiger partial charge is 0.309 e. The SMILES string of the molecule is N#Cc1cc(-c2nc(-c3ccccc3)nc(-c3ccccc3)c2C#N)ccc1-c1ccc2c3c4c5ccccc5n(-c5ccccc5)c4ccc3n(-c3ccccc3)c2c1. The van der Waals surface area contributed by atoms with Crippen molar-refractivity contribution in [2.24, 2.45) is 0 Å². The summed E-state index contributed by atoms with van der Waals surface area (Å²) >= 11 is 0. The standard InChI is InChI=1S/C54H32N6/c55-33-39-31-38(53-45(34-56)52(35-15-5-1-6-16-35)57-54(58-53)36-17-7-2-8-18-36)26-27-42(39)37-25-28-44-49(32-37)60(41-21-11-4-12-22-41)48-30-29-47-50(51(44)48)43-23-13-14-24-46(43)59(47)40-19-9-3-10-20-40/h1-32H. The summed E-state index contributed by atoms with van der Waals surface area (Å²) in [5.41, 5.74) is 12.5. The maximum atomic E-state index is 10.8. The summed E-state index contributed by atoms with van der Waals surface area (Å²) < 4.78 is 4.69. The lowest BCUT2D eigenvalue weighted by Crippen LogP contribution is -2.01. The Morgan fingerprint density at radius 3 is 1.52 bits per heavy atom. The highest BCUT2D eigenvalue weighted by Gasteiger charge is 2.23. The van der Waals surface area contributed by atoms with E-state index in [1.807, 2.05) is 84.9 Å². The quantitative estimate of drug-likeness (QED) is 0.169. The van der Waals surface area contributed by atoms with Crippen LogP contribution >= 0.6 is 0 Å². The molecule has 3 aromatic heterocycles. The van der Waals surface area contributed by atoms with Gasteiger partial charge < -0.3 is 9.13 Å². The zero-order valence-electron chi connectivity index (χ0n) is 32.2. The summed E-state index contributed by atoms with van der Waals surface area (Å²) in [7, 11) is 0. The number of hydrogen-bond acceptors (Lipinski definition) is 4. The molecule has 60 heavy (non-hydrogen) atoms. The molecule has 0 atom stereocenters. The van der Waals surface area contributed by atoms with Gasteiger partial charge in [-0.25, -0.2) is 9.97 Å². The summed E-state index contributed by atoms with van der Waals surface area (Å²) in [6.45, 7) is 0. The lowest BCUT2D eigenvalue weighted by atomic mass is 9.94. The van der Waals surface area contributed by atoms with Gasteiger partial charge in [0.25, 0.3) is 0 Å². The first-order chi connectivity index (χ1) is 29.7. The second-order valence-corrected chi connectivity index (χ2v) is 14.8. The zero-order chi connectivity index (χ0) is 40.2. The molecule has 0 N–H and O–H groups in total. The van der Waals surface area contributed by atoms with E-state index < -0.39 is 0 Å². The van der Waals surface area contributed by atoms with Crippen molar-refractivity contribution in [1.82, 2.24) is 19.1 Å². The first-order valence-corrected chi connectivity index (χ1v) is 19.8. The smallest absolute Gasteiger partial charge is 0.160 e. The number of nitriles is 2. The van der Waals surface area contributed by atoms with E-state index >= 15 is 0 Å². The lowest BCUT2D eigenvalue weighted by Gasteiger charge is -2.14. The van der Waals surface area contributed by atoms with Crippen molar-refractivity contribution in [3.05, 3.63) is 205 Å². The fraction of sp³-hybridized carbons (Fsp3) is 0. The van der Waals surface area contributed by atoms with Crippen LogP contribution in [0.1, 0.15) is 11.1 Å². The molecule has 0 spiro atoms. The van der Waals surface area contributed by atoms with Gasteiger partial charge >= 0.3 is 0 Å². The summed E-state index contributed by atoms with van der Waals surface area (Å²) in [6.07, 6.45) is 0. The van der Waals surface area contributed by atoms with Crippen LogP contribution in [0.5, 0.6) is 0 Å². The van der Waals surface area contributed by atoms with Crippen LogP contribution in [-0.4, -0.2) is 19.1 Å². The van der Waals surface area contributed by atoms with Crippen LogP contribution in [0.2, 0.25) is 0 Å². The summed E-state index contributed by atoms with van der Waals surface area (Å²) in [4.78, 5) is 9.89. The molecule has 0 amide bonds. The van der Waals surface area contributed by atoms with Crippen LogP contribution < -0.4 is 0 Å². The summed E-state index contributed by atoms with van der Waals surface area (Å²) in [5, 5.41) is 26.1. The molecule has 8 aromatic carbocycles. The molecule has 0 saturated heterocycles. The molecule has 278 valence electrons. The van der Waals surface area contributed by atoms with Crippen LogP contribution in [0.4, 0.5) is 0 Å². The number of aromatic nitrogens is 4. The Labute approximate surface area is 345 Å². The fourth-order valence-electron chi connectivity index (χ4n) is 8.78. The molecule has 0 bridgehead atoms. The van der Waals surface area contributed by atoms with Crippen molar-refractivity contribution in [1.29, 1.82) is 10.5 Å². The fourth-order valence-corrected chi connectivity index (χ4v) is 8.78. The van der Waals surface area contributed by atoms with Crippen LogP contribution in [0.3, 0.4) is 0 Å². The molecule has 11 rings (SSSR count). The van der Waals surface area contributed by atoms with Crippen molar-refractivity contribution in [3.8, 4) is 68.5 Å². The van der Waals surface area contributed by atoms with Gasteiger partial charge in [-0.15, -0.1) is 0 Å². The van der Waals surface area contributed by atoms with Gasteiger partial charge in [0.05, 0.1) is 45.1 Å². The van der Waals surface area contributed by atoms with E-state index in [2.05, 4.69) is 130 Å². The van der Waals surface area contributed by atoms with Crippen LogP contribution in [0.15, 0.2) is 194 Å². The molecule has 3 heterocycles. The third-order valence-corrected chi connectivity index (χ3v) is 11.4. The third kappa shape index (κ3) is 5.48. The minimum absolute atomic E-state index is 0.353. The van der Waals surface area contributed by atoms with E-state index in [4.69, 9.17) is 9.97 Å². The van der Waals surface area contributed by atoms with E-state index in [1.165, 1.54) is 16.2 Å². The minimum atomic E-state index is 0.353. The normalized spacial score (nSPS) is 11.3. The van der Waals surface area contributed by atoms with Gasteiger partial charge in [0, 0.05) is 49.6 Å². The van der Waals surface area contributed by atoms with E-state index in [9.17, 15) is 10.5 Å². The highest BCUT2D eigenvalue weighted by Crippen LogP contribution is 2.44. The van der Waals surface area contributed by atoms with Crippen molar-refractivity contribution in [2.45, 2.75) is 0 Å². The van der Waals surface area contributed by atoms with Gasteiger partial charge in [-0.2, -0.15) is 10.5 Å². The molecule has 0 radical (unpaired) electrons. The summed E-state index contributed by atoms with van der Waals surface area (Å²) in [5.74, 6) is 0.506. The predicted octanol–water partition coefficient (Wildman–Crippen LogP) is 13.1. The van der Waals surface area contributed by atoms with Crippen molar-refractivity contribution in [2.75, 3.05) is 0 Å². The molecule has 0 fully saturated rings. The number of benzene rings is 8. The van der Waals surface area contributed by atoms with Crippen LogP contribution in [0.25, 0.3) is 100 Å². The average molecular weight is 765 g/mol. The van der Waals surface area contributed by atoms with Crippen molar-refractivity contribution >= 4 is 43.6 Å².